The first-order valence-electron chi connectivity index (χ1n) is 32.7. The zero-order valence-electron chi connectivity index (χ0n) is 66.8. The van der Waals surface area contributed by atoms with Crippen molar-refractivity contribution >= 4 is 114 Å². The van der Waals surface area contributed by atoms with Crippen LogP contribution in [0.3, 0.4) is 0 Å². The number of aliphatic carboxylic acids is 2. The van der Waals surface area contributed by atoms with Crippen LogP contribution in [0.25, 0.3) is 0 Å². The van der Waals surface area contributed by atoms with Gasteiger partial charge in [0.15, 0.2) is 0 Å². The molecule has 9 aromatic rings. The number of rotatable bonds is 23. The third kappa shape index (κ3) is 42.1. The van der Waals surface area contributed by atoms with Gasteiger partial charge in [-0.15, -0.1) is 0 Å². The van der Waals surface area contributed by atoms with Crippen molar-refractivity contribution in [1.29, 1.82) is 0 Å². The number of pyridine rings is 2. The molecule has 1 aliphatic rings. The Morgan fingerprint density at radius 2 is 0.748 bits per heavy atom. The average Bonchev–Trinajstić information content (AvgIpc) is 1.01. The Hall–Kier alpha value is -2.22. The van der Waals surface area contributed by atoms with E-state index in [-0.39, 0.29) is 470 Å². The first-order valence-corrected chi connectivity index (χ1v) is 38.0. The van der Waals surface area contributed by atoms with E-state index in [0.29, 0.717) is 61.6 Å². The van der Waals surface area contributed by atoms with E-state index < -0.39 is 47.3 Å². The fraction of sp³-hybridized carbons (Fsp3) is 0.138. The Labute approximate surface area is 969 Å². The van der Waals surface area contributed by atoms with Gasteiger partial charge < -0.3 is 72.0 Å². The number of hydrogen-bond donors (Lipinski definition) is 1. The van der Waals surface area contributed by atoms with Gasteiger partial charge in [-0.2, -0.15) is 71.8 Å². The summed E-state index contributed by atoms with van der Waals surface area (Å²) in [6.45, 7) is 0.483. The van der Waals surface area contributed by atoms with Crippen molar-refractivity contribution in [3.8, 4) is 70.0 Å². The predicted molar refractivity (Wildman–Crippen MR) is 400 cm³/mol. The number of aromatic nitrogens is 2. The number of ether oxygens (including phenoxy) is 6. The van der Waals surface area contributed by atoms with Crippen molar-refractivity contribution < 1.29 is 440 Å². The summed E-state index contributed by atoms with van der Waals surface area (Å²) in [5.41, 5.74) is 2.69. The standard InChI is InChI=1S/C76H65N6O16P3S.4CO2.3Eu.6Na/c1-93-61-43-69(95-3)67(71(45-61)97-50-75(83)84)28-24-55-37-59(78-73(41-55)100(89,90)64-16-10-6-11-17-64)48-81-32-30-80(47-57-36-54(21-20-53-22-26-58(27-23-53)77-52-102)39-66(40-57)99(87,88)63-14-8-5-9-15-63)31-33-82(35-34-81)49-60-38-56(42-74(79-60)101(91,92)65-18-12-7-13-19-65)25-29-68-70(96-4)44-62(94-2)46-72(68)98-51-76(85)86;4*2-1-3;;;;;;;;;/h5-19,22-23,26-27,36-46H,1-4,30-35,47-51H2,(H,83,84)(H,85,86)(H,87,88)(H,89,90)(H,91,92);;;;;;;;;;;;;/q-4;;;;;;;;6*+1/p-4. The van der Waals surface area contributed by atoms with Gasteiger partial charge in [0.25, 0.3) is 7.37 Å². The van der Waals surface area contributed by atoms with Gasteiger partial charge in [0.2, 0.25) is 0 Å². The molecule has 0 saturated carbocycles. The summed E-state index contributed by atoms with van der Waals surface area (Å²) < 4.78 is 76.0. The van der Waals surface area contributed by atoms with E-state index in [2.05, 4.69) is 88.8 Å². The van der Waals surface area contributed by atoms with Crippen LogP contribution in [0, 0.1) is 212 Å². The first kappa shape index (κ1) is 127. The molecule has 123 heavy (non-hydrogen) atoms. The number of carbonyl (C=O) groups excluding carboxylic acids is 10. The Morgan fingerprint density at radius 3 is 1.09 bits per heavy atom. The number of thiocarbonyl (C=S) groups is 1. The molecule has 3 atom stereocenters. The summed E-state index contributed by atoms with van der Waals surface area (Å²) >= 11 is 4.78. The smallest absolute Gasteiger partial charge is 0.792 e. The summed E-state index contributed by atoms with van der Waals surface area (Å²) in [5.74, 6) is 15.3. The van der Waals surface area contributed by atoms with Crippen LogP contribution in [0.1, 0.15) is 50.3 Å². The molecule has 43 heteroatoms. The summed E-state index contributed by atoms with van der Waals surface area (Å²) in [7, 11) is 0.231. The van der Waals surface area contributed by atoms with Crippen LogP contribution in [0.15, 0.2) is 187 Å². The van der Waals surface area contributed by atoms with Crippen LogP contribution in [0.2, 0.25) is 0 Å². The SMILES string of the molecule is O=C=O.O=C=O.O=C=O.O=C=O.[CH2-]Oc1cc(O[CH2-])c(C#Cc2cc(CN3CCN(Cc4cc(C#Cc5ccc(N=C=S)cc5)cc(P(=O)(O)c5ccccc5)c4)CCN(Cc4cc(C#Cc5c(O[CH2-])cc(O[CH2-])cc5OCC(=O)[O-])cc(P(=O)([O-])c5ccccc5)n4)CC3)nc(P(=O)([O-])c3ccccc3)c2)c(OCC(=O)[O-])c1.[Eu].[Eu].[Eu].[Na+].[Na+].[Na+].[Na+].[Na+].[Na+]. The Kier molecular flexibility index (Phi) is 70.1. The zero-order valence-corrected chi connectivity index (χ0v) is 89.6. The Morgan fingerprint density at radius 1 is 0.423 bits per heavy atom. The maximum absolute atomic E-state index is 14.7. The summed E-state index contributed by atoms with van der Waals surface area (Å²) in [5, 5.41) is 25.8. The van der Waals surface area contributed by atoms with E-state index in [1.54, 1.807) is 115 Å². The van der Waals surface area contributed by atoms with Gasteiger partial charge in [-0.05, 0) is 96.6 Å². The molecule has 3 radical (unpaired) electrons. The fourth-order valence-electron chi connectivity index (χ4n) is 10.8. The van der Waals surface area contributed by atoms with Crippen molar-refractivity contribution in [2.24, 2.45) is 4.99 Å². The number of isothiocyanates is 1. The molecule has 1 aliphatic heterocycles. The Bertz CT molecular complexity index is 5220. The quantitative estimate of drug-likeness (QED) is 0.0155. The number of carboxylic acid groups (broad SMARTS) is 2. The number of hydrogen-bond acceptors (Lipinski definition) is 30. The third-order valence-electron chi connectivity index (χ3n) is 15.8. The molecule has 1 N–H and O–H groups in total. The van der Waals surface area contributed by atoms with Crippen LogP contribution < -0.4 is 258 Å². The predicted octanol–water partition coefficient (Wildman–Crippen LogP) is -15.7. The summed E-state index contributed by atoms with van der Waals surface area (Å²) in [6.07, 6.45) is 1.00. The van der Waals surface area contributed by atoms with Crippen LogP contribution in [0.4, 0.5) is 5.69 Å². The molecule has 0 aliphatic carbocycles. The van der Waals surface area contributed by atoms with Crippen LogP contribution in [-0.4, -0.2) is 124 Å². The van der Waals surface area contributed by atoms with Crippen LogP contribution >= 0.6 is 34.3 Å². The average molecular weight is 2210 g/mol. The number of carboxylic acids is 2. The number of carbonyl (C=O) groups is 2. The molecule has 1 fully saturated rings. The molecule has 3 unspecified atom stereocenters. The second-order valence-electron chi connectivity index (χ2n) is 23.1. The van der Waals surface area contributed by atoms with Crippen molar-refractivity contribution in [2.45, 2.75) is 19.6 Å². The van der Waals surface area contributed by atoms with E-state index in [9.17, 15) is 48.2 Å². The van der Waals surface area contributed by atoms with E-state index in [1.807, 2.05) is 6.07 Å². The van der Waals surface area contributed by atoms with Gasteiger partial charge in [-0.25, -0.2) is 9.97 Å². The molecular formula is C80H61Eu3N6Na6O24P3S-2. The monoisotopic (exact) mass is 2210 g/mol. The van der Waals surface area contributed by atoms with E-state index in [0.717, 1.165) is 0 Å². The van der Waals surface area contributed by atoms with Crippen molar-refractivity contribution in [3.05, 3.63) is 261 Å². The number of benzene rings is 7. The largest absolute Gasteiger partial charge is 1.00 e. The molecule has 0 bridgehead atoms. The van der Waals surface area contributed by atoms with Crippen molar-refractivity contribution in [1.82, 2.24) is 24.7 Å². The molecule has 1 saturated heterocycles. The molecule has 10 rings (SSSR count). The molecular weight excluding hydrogens is 2150 g/mol. The molecule has 605 valence electrons. The van der Waals surface area contributed by atoms with Gasteiger partial charge in [-0.3, -0.25) is 19.3 Å². The van der Waals surface area contributed by atoms with Crippen molar-refractivity contribution in [3.63, 3.8) is 0 Å². The van der Waals surface area contributed by atoms with Gasteiger partial charge in [-0.1, -0.05) is 114 Å². The second kappa shape index (κ2) is 67.9. The van der Waals surface area contributed by atoms with E-state index in [4.69, 9.17) is 89.0 Å². The topological polar surface area (TPSA) is 438 Å². The van der Waals surface area contributed by atoms with Gasteiger partial charge in [0.1, 0.15) is 47.3 Å². The summed E-state index contributed by atoms with van der Waals surface area (Å²) in [6, 6.07) is 47.4. The molecule has 2 aromatic heterocycles. The second-order valence-corrected chi connectivity index (χ2v) is 29.7. The minimum Gasteiger partial charge on any atom is -0.792 e. The molecule has 7 aromatic carbocycles. The van der Waals surface area contributed by atoms with E-state index in [1.165, 1.54) is 60.7 Å². The number of aliphatic imine (C=N–C) groups is 1. The third-order valence-corrected chi connectivity index (χ3v) is 21.5. The summed E-state index contributed by atoms with van der Waals surface area (Å²) in [4.78, 5) is 149. The maximum Gasteiger partial charge on any atom is 1.00 e. The molecule has 0 spiro atoms. The van der Waals surface area contributed by atoms with Crippen LogP contribution in [0.5, 0.6) is 34.5 Å². The molecule has 30 nitrogen and oxygen atoms in total. The fourth-order valence-corrected chi connectivity index (χ4v) is 15.2. The van der Waals surface area contributed by atoms with Gasteiger partial charge in [0, 0.05) is 275 Å². The van der Waals surface area contributed by atoms with Gasteiger partial charge >= 0.3 is 202 Å². The molecule has 0 amide bonds. The maximum atomic E-state index is 14.7. The van der Waals surface area contributed by atoms with Gasteiger partial charge in [0.05, 0.1) is 71.3 Å². The number of nitrogens with zero attached hydrogens (tertiary/aromatic N) is 6. The molecule has 3 heterocycles. The normalized spacial score (nSPS) is 12.2. The van der Waals surface area contributed by atoms with E-state index >= 15 is 0 Å². The minimum absolute atomic E-state index is 0. The zero-order chi connectivity index (χ0) is 83.2. The van der Waals surface area contributed by atoms with Crippen molar-refractivity contribution in [2.75, 3.05) is 52.5 Å². The first-order chi connectivity index (χ1) is 54.8. The Balaban J connectivity index is -0.00000318. The minimum atomic E-state index is -4.71. The van der Waals surface area contributed by atoms with Crippen LogP contribution in [-0.2, 0) is 81.3 Å².